The van der Waals surface area contributed by atoms with Crippen LogP contribution in [0.2, 0.25) is 0 Å². The SMILES string of the molecule is Oc1cc2c(Br)cccc2c2ccccc12. The summed E-state index contributed by atoms with van der Waals surface area (Å²) >= 11 is 3.51. The lowest BCUT2D eigenvalue weighted by molar-refractivity contribution is 0.482. The topological polar surface area (TPSA) is 20.2 Å². The van der Waals surface area contributed by atoms with E-state index in [0.717, 1.165) is 26.0 Å². The zero-order chi connectivity index (χ0) is 11.1. The fourth-order valence-corrected chi connectivity index (χ4v) is 2.56. The van der Waals surface area contributed by atoms with Gasteiger partial charge in [0.15, 0.2) is 0 Å². The van der Waals surface area contributed by atoms with Crippen LogP contribution in [0.4, 0.5) is 0 Å². The summed E-state index contributed by atoms with van der Waals surface area (Å²) in [6, 6.07) is 15.8. The molecular formula is C14H9BrO. The molecule has 0 unspecified atom stereocenters. The molecule has 0 heterocycles. The third-order valence-electron chi connectivity index (χ3n) is 2.83. The first kappa shape index (κ1) is 9.67. The van der Waals surface area contributed by atoms with Crippen LogP contribution in [0, 0.1) is 0 Å². The van der Waals surface area contributed by atoms with Crippen molar-refractivity contribution in [2.45, 2.75) is 0 Å². The molecule has 0 fully saturated rings. The molecule has 3 aromatic carbocycles. The second kappa shape index (κ2) is 3.49. The summed E-state index contributed by atoms with van der Waals surface area (Å²) in [6.45, 7) is 0. The Morgan fingerprint density at radius 3 is 2.19 bits per heavy atom. The van der Waals surface area contributed by atoms with Crippen molar-refractivity contribution in [3.05, 3.63) is 53.0 Å². The van der Waals surface area contributed by atoms with Crippen molar-refractivity contribution < 1.29 is 5.11 Å². The van der Waals surface area contributed by atoms with Crippen molar-refractivity contribution in [2.24, 2.45) is 0 Å². The van der Waals surface area contributed by atoms with Crippen molar-refractivity contribution in [3.8, 4) is 5.75 Å². The highest BCUT2D eigenvalue weighted by Crippen LogP contribution is 2.35. The van der Waals surface area contributed by atoms with E-state index in [1.807, 2.05) is 42.5 Å². The Bertz CT molecular complexity index is 683. The Morgan fingerprint density at radius 1 is 0.750 bits per heavy atom. The molecule has 0 amide bonds. The van der Waals surface area contributed by atoms with Gasteiger partial charge in [-0.05, 0) is 22.9 Å². The summed E-state index contributed by atoms with van der Waals surface area (Å²) in [7, 11) is 0. The molecule has 0 atom stereocenters. The lowest BCUT2D eigenvalue weighted by atomic mass is 10.0. The fraction of sp³-hybridized carbons (Fsp3) is 0. The number of phenolic OH excluding ortho intramolecular Hbond substituents is 1. The molecule has 0 aromatic heterocycles. The number of benzene rings is 3. The van der Waals surface area contributed by atoms with E-state index in [0.29, 0.717) is 5.75 Å². The Morgan fingerprint density at radius 2 is 1.38 bits per heavy atom. The van der Waals surface area contributed by atoms with E-state index in [1.54, 1.807) is 0 Å². The third-order valence-corrected chi connectivity index (χ3v) is 3.52. The molecular weight excluding hydrogens is 264 g/mol. The lowest BCUT2D eigenvalue weighted by Crippen LogP contribution is -1.79. The maximum Gasteiger partial charge on any atom is 0.124 e. The van der Waals surface area contributed by atoms with Gasteiger partial charge < -0.3 is 5.11 Å². The predicted octanol–water partition coefficient (Wildman–Crippen LogP) is 4.46. The number of hydrogen-bond donors (Lipinski definition) is 1. The Hall–Kier alpha value is -1.54. The van der Waals surface area contributed by atoms with E-state index >= 15 is 0 Å². The molecule has 1 N–H and O–H groups in total. The van der Waals surface area contributed by atoms with Gasteiger partial charge in [0.2, 0.25) is 0 Å². The number of hydrogen-bond acceptors (Lipinski definition) is 1. The van der Waals surface area contributed by atoms with Crippen LogP contribution in [-0.4, -0.2) is 5.11 Å². The molecule has 0 aliphatic carbocycles. The van der Waals surface area contributed by atoms with Crippen LogP contribution in [0.15, 0.2) is 53.0 Å². The van der Waals surface area contributed by atoms with E-state index in [4.69, 9.17) is 0 Å². The van der Waals surface area contributed by atoms with Crippen LogP contribution in [0.3, 0.4) is 0 Å². The molecule has 0 saturated heterocycles. The van der Waals surface area contributed by atoms with Crippen LogP contribution in [0.5, 0.6) is 5.75 Å². The molecule has 0 bridgehead atoms. The summed E-state index contributed by atoms with van der Waals surface area (Å²) in [5, 5.41) is 14.1. The average Bonchev–Trinajstić information content (AvgIpc) is 2.31. The molecule has 1 nitrogen and oxygen atoms in total. The van der Waals surface area contributed by atoms with Crippen LogP contribution < -0.4 is 0 Å². The molecule has 3 rings (SSSR count). The van der Waals surface area contributed by atoms with Gasteiger partial charge in [0.1, 0.15) is 5.75 Å². The van der Waals surface area contributed by atoms with Gasteiger partial charge in [0, 0.05) is 15.2 Å². The normalized spacial score (nSPS) is 11.1. The minimum Gasteiger partial charge on any atom is -0.507 e. The summed E-state index contributed by atoms with van der Waals surface area (Å²) < 4.78 is 1.01. The monoisotopic (exact) mass is 272 g/mol. The van der Waals surface area contributed by atoms with E-state index in [1.165, 1.54) is 0 Å². The first-order valence-corrected chi connectivity index (χ1v) is 5.85. The van der Waals surface area contributed by atoms with Crippen molar-refractivity contribution in [3.63, 3.8) is 0 Å². The quantitative estimate of drug-likeness (QED) is 0.599. The molecule has 78 valence electrons. The maximum absolute atomic E-state index is 9.97. The maximum atomic E-state index is 9.97. The lowest BCUT2D eigenvalue weighted by Gasteiger charge is -2.07. The van der Waals surface area contributed by atoms with Crippen molar-refractivity contribution in [1.29, 1.82) is 0 Å². The highest BCUT2D eigenvalue weighted by atomic mass is 79.9. The molecule has 2 heteroatoms. The summed E-state index contributed by atoms with van der Waals surface area (Å²) in [5.74, 6) is 0.329. The zero-order valence-corrected chi connectivity index (χ0v) is 10.0. The smallest absolute Gasteiger partial charge is 0.124 e. The first-order chi connectivity index (χ1) is 7.77. The molecule has 16 heavy (non-hydrogen) atoms. The van der Waals surface area contributed by atoms with Crippen molar-refractivity contribution in [1.82, 2.24) is 0 Å². The summed E-state index contributed by atoms with van der Waals surface area (Å²) in [4.78, 5) is 0. The van der Waals surface area contributed by atoms with Gasteiger partial charge in [0.25, 0.3) is 0 Å². The molecule has 3 aromatic rings. The minimum atomic E-state index is 0.329. The molecule has 0 saturated carbocycles. The molecule has 0 aliphatic heterocycles. The third kappa shape index (κ3) is 1.30. The van der Waals surface area contributed by atoms with Crippen molar-refractivity contribution in [2.75, 3.05) is 0 Å². The Labute approximate surface area is 101 Å². The summed E-state index contributed by atoms with van der Waals surface area (Å²) in [6.07, 6.45) is 0. The Kier molecular flexibility index (Phi) is 2.11. The molecule has 0 radical (unpaired) electrons. The highest BCUT2D eigenvalue weighted by molar-refractivity contribution is 9.10. The minimum absolute atomic E-state index is 0.329. The summed E-state index contributed by atoms with van der Waals surface area (Å²) in [5.41, 5.74) is 0. The number of halogens is 1. The number of phenols is 1. The van der Waals surface area contributed by atoms with Crippen LogP contribution in [0.25, 0.3) is 21.5 Å². The van der Waals surface area contributed by atoms with Crippen LogP contribution >= 0.6 is 15.9 Å². The number of fused-ring (bicyclic) bond motifs is 3. The van der Waals surface area contributed by atoms with Gasteiger partial charge in [-0.1, -0.05) is 52.3 Å². The average molecular weight is 273 g/mol. The van der Waals surface area contributed by atoms with Gasteiger partial charge in [-0.25, -0.2) is 0 Å². The number of aromatic hydroxyl groups is 1. The van der Waals surface area contributed by atoms with Crippen LogP contribution in [0.1, 0.15) is 0 Å². The fourth-order valence-electron chi connectivity index (χ4n) is 2.07. The van der Waals surface area contributed by atoms with Crippen molar-refractivity contribution >= 4 is 37.5 Å². The van der Waals surface area contributed by atoms with Gasteiger partial charge in [0.05, 0.1) is 0 Å². The van der Waals surface area contributed by atoms with E-state index in [-0.39, 0.29) is 0 Å². The number of rotatable bonds is 0. The van der Waals surface area contributed by atoms with Crippen LogP contribution in [-0.2, 0) is 0 Å². The second-order valence-corrected chi connectivity index (χ2v) is 4.63. The molecule has 0 aliphatic rings. The van der Waals surface area contributed by atoms with E-state index in [9.17, 15) is 5.11 Å². The molecule has 0 spiro atoms. The van der Waals surface area contributed by atoms with Gasteiger partial charge in [-0.15, -0.1) is 0 Å². The first-order valence-electron chi connectivity index (χ1n) is 5.06. The van der Waals surface area contributed by atoms with E-state index in [2.05, 4.69) is 22.0 Å². The highest BCUT2D eigenvalue weighted by Gasteiger charge is 2.06. The standard InChI is InChI=1S/C14H9BrO/c15-13-7-3-6-10-9-4-1-2-5-11(9)14(16)8-12(10)13/h1-8,16H. The van der Waals surface area contributed by atoms with Gasteiger partial charge >= 0.3 is 0 Å². The van der Waals surface area contributed by atoms with Gasteiger partial charge in [-0.2, -0.15) is 0 Å². The predicted molar refractivity (Wildman–Crippen MR) is 70.8 cm³/mol. The second-order valence-electron chi connectivity index (χ2n) is 3.78. The Balaban J connectivity index is 2.64. The van der Waals surface area contributed by atoms with E-state index < -0.39 is 0 Å². The zero-order valence-electron chi connectivity index (χ0n) is 8.44. The largest absolute Gasteiger partial charge is 0.507 e. The van der Waals surface area contributed by atoms with Gasteiger partial charge in [-0.3, -0.25) is 0 Å².